The topological polar surface area (TPSA) is 50.4 Å². The summed E-state index contributed by atoms with van der Waals surface area (Å²) in [5.41, 5.74) is 3.00. The highest BCUT2D eigenvalue weighted by molar-refractivity contribution is 5.94. The predicted octanol–water partition coefficient (Wildman–Crippen LogP) is 5.90. The summed E-state index contributed by atoms with van der Waals surface area (Å²) in [5.74, 6) is 0.713. The van der Waals surface area contributed by atoms with Crippen molar-refractivity contribution in [2.24, 2.45) is 0 Å². The summed E-state index contributed by atoms with van der Waals surface area (Å²) in [4.78, 5) is 12.3. The molecule has 0 fully saturated rings. The first-order chi connectivity index (χ1) is 15.3. The molecule has 0 saturated carbocycles. The molecule has 0 aliphatic rings. The number of hydrogen-bond acceptors (Lipinski definition) is 3. The van der Waals surface area contributed by atoms with Gasteiger partial charge in [-0.3, -0.25) is 4.79 Å². The molecule has 2 N–H and O–H groups in total. The Kier molecular flexibility index (Phi) is 6.81. The summed E-state index contributed by atoms with van der Waals surface area (Å²) in [6.07, 6.45) is 1.96. The van der Waals surface area contributed by atoms with Gasteiger partial charge in [-0.1, -0.05) is 60.7 Å². The molecular formula is C27H26N2O2. The van der Waals surface area contributed by atoms with Crippen molar-refractivity contribution in [3.05, 3.63) is 103 Å². The molecule has 0 aromatic heterocycles. The van der Waals surface area contributed by atoms with Crippen molar-refractivity contribution >= 4 is 28.1 Å². The summed E-state index contributed by atoms with van der Waals surface area (Å²) in [6.45, 7) is 0.867. The Bertz CT molecular complexity index is 1120. The van der Waals surface area contributed by atoms with E-state index < -0.39 is 0 Å². The molecule has 0 bridgehead atoms. The van der Waals surface area contributed by atoms with Crippen LogP contribution in [-0.4, -0.2) is 19.1 Å². The first-order valence-corrected chi connectivity index (χ1v) is 10.6. The quantitative estimate of drug-likeness (QED) is 0.338. The smallest absolute Gasteiger partial charge is 0.243 e. The number of amides is 1. The largest absolute Gasteiger partial charge is 0.494 e. The van der Waals surface area contributed by atoms with Crippen LogP contribution < -0.4 is 15.4 Å². The van der Waals surface area contributed by atoms with E-state index in [9.17, 15) is 4.79 Å². The lowest BCUT2D eigenvalue weighted by molar-refractivity contribution is -0.114. The average Bonchev–Trinajstić information content (AvgIpc) is 2.82. The Morgan fingerprint density at radius 2 is 1.45 bits per heavy atom. The summed E-state index contributed by atoms with van der Waals surface area (Å²) in [7, 11) is 0. The molecule has 1 amide bonds. The highest BCUT2D eigenvalue weighted by Crippen LogP contribution is 2.19. The maximum Gasteiger partial charge on any atom is 0.243 e. The molecule has 156 valence electrons. The third kappa shape index (κ3) is 6.09. The molecule has 4 rings (SSSR count). The molecule has 31 heavy (non-hydrogen) atoms. The summed E-state index contributed by atoms with van der Waals surface area (Å²) < 4.78 is 5.80. The van der Waals surface area contributed by atoms with E-state index in [1.807, 2.05) is 60.7 Å². The van der Waals surface area contributed by atoms with Gasteiger partial charge in [-0.25, -0.2) is 0 Å². The van der Waals surface area contributed by atoms with Gasteiger partial charge in [0, 0.05) is 11.4 Å². The van der Waals surface area contributed by atoms with Crippen molar-refractivity contribution in [3.8, 4) is 5.75 Å². The molecule has 4 aromatic carbocycles. The number of benzene rings is 4. The van der Waals surface area contributed by atoms with Crippen molar-refractivity contribution in [2.45, 2.75) is 12.8 Å². The number of carbonyl (C=O) groups excluding carboxylic acids is 1. The number of carbonyl (C=O) groups is 1. The maximum absolute atomic E-state index is 12.3. The fourth-order valence-electron chi connectivity index (χ4n) is 3.43. The van der Waals surface area contributed by atoms with Gasteiger partial charge in [0.15, 0.2) is 0 Å². The normalized spacial score (nSPS) is 10.6. The molecule has 4 aromatic rings. The number of fused-ring (bicyclic) bond motifs is 1. The van der Waals surface area contributed by atoms with Gasteiger partial charge in [0.2, 0.25) is 5.91 Å². The number of anilines is 2. The number of hydrogen-bond donors (Lipinski definition) is 2. The van der Waals surface area contributed by atoms with Gasteiger partial charge >= 0.3 is 0 Å². The summed E-state index contributed by atoms with van der Waals surface area (Å²) in [5, 5.41) is 8.41. The zero-order valence-corrected chi connectivity index (χ0v) is 17.4. The predicted molar refractivity (Wildman–Crippen MR) is 128 cm³/mol. The van der Waals surface area contributed by atoms with E-state index in [1.165, 1.54) is 10.9 Å². The van der Waals surface area contributed by atoms with Crippen molar-refractivity contribution in [2.75, 3.05) is 23.8 Å². The van der Waals surface area contributed by atoms with Crippen LogP contribution in [0.3, 0.4) is 0 Å². The van der Waals surface area contributed by atoms with E-state index in [0.29, 0.717) is 6.61 Å². The Morgan fingerprint density at radius 3 is 2.26 bits per heavy atom. The minimum atomic E-state index is -0.0929. The summed E-state index contributed by atoms with van der Waals surface area (Å²) >= 11 is 0. The van der Waals surface area contributed by atoms with Gasteiger partial charge in [0.1, 0.15) is 5.75 Å². The lowest BCUT2D eigenvalue weighted by atomic mass is 10.1. The SMILES string of the molecule is O=C(CNc1ccc2ccccc2c1)Nc1ccc(OCCCc2ccccc2)cc1. The molecule has 0 aliphatic carbocycles. The number of aryl methyl sites for hydroxylation is 1. The molecule has 0 aliphatic heterocycles. The average molecular weight is 411 g/mol. The van der Waals surface area contributed by atoms with Gasteiger partial charge in [-0.05, 0) is 65.6 Å². The molecule has 0 heterocycles. The van der Waals surface area contributed by atoms with Crippen LogP contribution in [0.15, 0.2) is 97.1 Å². The van der Waals surface area contributed by atoms with E-state index in [0.717, 1.165) is 35.4 Å². The minimum Gasteiger partial charge on any atom is -0.494 e. The highest BCUT2D eigenvalue weighted by atomic mass is 16.5. The van der Waals surface area contributed by atoms with Gasteiger partial charge in [0.05, 0.1) is 13.2 Å². The van der Waals surface area contributed by atoms with E-state index >= 15 is 0 Å². The molecule has 0 spiro atoms. The third-order valence-electron chi connectivity index (χ3n) is 5.06. The number of rotatable bonds is 9. The Balaban J connectivity index is 1.20. The zero-order valence-electron chi connectivity index (χ0n) is 17.4. The third-order valence-corrected chi connectivity index (χ3v) is 5.06. The van der Waals surface area contributed by atoms with Crippen LogP contribution in [0.4, 0.5) is 11.4 Å². The monoisotopic (exact) mass is 410 g/mol. The molecule has 0 unspecified atom stereocenters. The standard InChI is InChI=1S/C27H26N2O2/c30-27(20-28-25-13-12-22-10-4-5-11-23(22)19-25)29-24-14-16-26(17-15-24)31-18-6-9-21-7-2-1-3-8-21/h1-5,7-8,10-17,19,28H,6,9,18,20H2,(H,29,30). The van der Waals surface area contributed by atoms with Crippen LogP contribution in [-0.2, 0) is 11.2 Å². The highest BCUT2D eigenvalue weighted by Gasteiger charge is 2.04. The molecule has 4 nitrogen and oxygen atoms in total. The lowest BCUT2D eigenvalue weighted by Gasteiger charge is -2.10. The van der Waals surface area contributed by atoms with Crippen LogP contribution in [0.25, 0.3) is 10.8 Å². The second-order valence-corrected chi connectivity index (χ2v) is 7.43. The van der Waals surface area contributed by atoms with Crippen molar-refractivity contribution in [1.29, 1.82) is 0 Å². The number of ether oxygens (including phenoxy) is 1. The maximum atomic E-state index is 12.3. The van der Waals surface area contributed by atoms with Crippen molar-refractivity contribution in [3.63, 3.8) is 0 Å². The summed E-state index contributed by atoms with van der Waals surface area (Å²) in [6, 6.07) is 32.1. The van der Waals surface area contributed by atoms with Crippen LogP contribution in [0.5, 0.6) is 5.75 Å². The lowest BCUT2D eigenvalue weighted by Crippen LogP contribution is -2.21. The Labute approximate surface area is 182 Å². The van der Waals surface area contributed by atoms with Crippen LogP contribution >= 0.6 is 0 Å². The van der Waals surface area contributed by atoms with E-state index in [2.05, 4.69) is 47.0 Å². The second-order valence-electron chi connectivity index (χ2n) is 7.43. The van der Waals surface area contributed by atoms with E-state index in [1.54, 1.807) is 0 Å². The van der Waals surface area contributed by atoms with Crippen molar-refractivity contribution in [1.82, 2.24) is 0 Å². The van der Waals surface area contributed by atoms with Crippen molar-refractivity contribution < 1.29 is 9.53 Å². The van der Waals surface area contributed by atoms with Gasteiger partial charge in [-0.15, -0.1) is 0 Å². The Morgan fingerprint density at radius 1 is 0.742 bits per heavy atom. The molecular weight excluding hydrogens is 384 g/mol. The van der Waals surface area contributed by atoms with Gasteiger partial charge < -0.3 is 15.4 Å². The van der Waals surface area contributed by atoms with E-state index in [4.69, 9.17) is 4.74 Å². The first-order valence-electron chi connectivity index (χ1n) is 10.6. The van der Waals surface area contributed by atoms with Crippen LogP contribution in [0.1, 0.15) is 12.0 Å². The molecule has 0 radical (unpaired) electrons. The van der Waals surface area contributed by atoms with Crippen LogP contribution in [0.2, 0.25) is 0 Å². The Hall–Kier alpha value is -3.79. The molecule has 0 saturated heterocycles. The fourth-order valence-corrected chi connectivity index (χ4v) is 3.43. The minimum absolute atomic E-state index is 0.0929. The molecule has 0 atom stereocenters. The first kappa shape index (κ1) is 20.5. The van der Waals surface area contributed by atoms with Crippen LogP contribution in [0, 0.1) is 0 Å². The van der Waals surface area contributed by atoms with Gasteiger partial charge in [-0.2, -0.15) is 0 Å². The second kappa shape index (κ2) is 10.3. The zero-order chi connectivity index (χ0) is 21.3. The van der Waals surface area contributed by atoms with E-state index in [-0.39, 0.29) is 12.5 Å². The fraction of sp³-hybridized carbons (Fsp3) is 0.148. The van der Waals surface area contributed by atoms with Gasteiger partial charge in [0.25, 0.3) is 0 Å². The molecule has 4 heteroatoms. The number of nitrogens with one attached hydrogen (secondary N) is 2.